The molecule has 1 aliphatic heterocycles. The maximum Gasteiger partial charge on any atom is 0.0685 e. The fourth-order valence-electron chi connectivity index (χ4n) is 3.68. The van der Waals surface area contributed by atoms with E-state index in [1.807, 2.05) is 0 Å². The van der Waals surface area contributed by atoms with Gasteiger partial charge in [0, 0.05) is 12.6 Å². The first-order chi connectivity index (χ1) is 7.79. The Morgan fingerprint density at radius 2 is 2.06 bits per heavy atom. The highest BCUT2D eigenvalue weighted by atomic mass is 16.5. The third-order valence-corrected chi connectivity index (χ3v) is 4.52. The van der Waals surface area contributed by atoms with Gasteiger partial charge in [-0.3, -0.25) is 0 Å². The van der Waals surface area contributed by atoms with Gasteiger partial charge in [0.15, 0.2) is 0 Å². The second-order valence-corrected chi connectivity index (χ2v) is 5.56. The molecule has 1 spiro atoms. The van der Waals surface area contributed by atoms with Crippen LogP contribution in [0.1, 0.15) is 58.8 Å². The molecule has 16 heavy (non-hydrogen) atoms. The van der Waals surface area contributed by atoms with E-state index < -0.39 is 0 Å². The third kappa shape index (κ3) is 2.60. The lowest BCUT2D eigenvalue weighted by molar-refractivity contribution is -0.0979. The molecule has 0 radical (unpaired) electrons. The molecule has 2 unspecified atom stereocenters. The lowest BCUT2D eigenvalue weighted by Gasteiger charge is -2.41. The zero-order chi connectivity index (χ0) is 11.4. The topological polar surface area (TPSA) is 21.3 Å². The number of hydrogen-bond acceptors (Lipinski definition) is 2. The number of nitrogens with one attached hydrogen (secondary N) is 1. The summed E-state index contributed by atoms with van der Waals surface area (Å²) < 4.78 is 6.10. The maximum absolute atomic E-state index is 6.10. The van der Waals surface area contributed by atoms with Crippen molar-refractivity contribution in [3.05, 3.63) is 0 Å². The van der Waals surface area contributed by atoms with E-state index in [1.54, 1.807) is 0 Å². The molecule has 0 aromatic carbocycles. The zero-order valence-electron chi connectivity index (χ0n) is 10.9. The summed E-state index contributed by atoms with van der Waals surface area (Å²) in [5, 5.41) is 3.65. The summed E-state index contributed by atoms with van der Waals surface area (Å²) in [4.78, 5) is 0. The van der Waals surface area contributed by atoms with E-state index in [-0.39, 0.29) is 5.60 Å². The van der Waals surface area contributed by atoms with E-state index in [0.29, 0.717) is 6.04 Å². The third-order valence-electron chi connectivity index (χ3n) is 4.52. The van der Waals surface area contributed by atoms with Crippen LogP contribution >= 0.6 is 0 Å². The van der Waals surface area contributed by atoms with Crippen molar-refractivity contribution in [3.63, 3.8) is 0 Å². The van der Waals surface area contributed by atoms with Gasteiger partial charge in [-0.2, -0.15) is 0 Å². The predicted octanol–water partition coefficient (Wildman–Crippen LogP) is 3.11. The van der Waals surface area contributed by atoms with Gasteiger partial charge in [-0.15, -0.1) is 0 Å². The molecular formula is C14H27NO. The van der Waals surface area contributed by atoms with Gasteiger partial charge in [-0.05, 0) is 44.6 Å². The zero-order valence-corrected chi connectivity index (χ0v) is 10.9. The average molecular weight is 225 g/mol. The van der Waals surface area contributed by atoms with Crippen LogP contribution in [0.15, 0.2) is 0 Å². The average Bonchev–Trinajstić information content (AvgIpc) is 2.74. The number of rotatable bonds is 4. The van der Waals surface area contributed by atoms with Gasteiger partial charge >= 0.3 is 0 Å². The van der Waals surface area contributed by atoms with Gasteiger partial charge in [0.2, 0.25) is 0 Å². The van der Waals surface area contributed by atoms with Gasteiger partial charge in [-0.25, -0.2) is 0 Å². The second kappa shape index (κ2) is 5.50. The molecule has 2 rings (SSSR count). The Labute approximate surface area is 100 Å². The van der Waals surface area contributed by atoms with Crippen molar-refractivity contribution in [2.75, 3.05) is 13.2 Å². The molecule has 1 heterocycles. The molecule has 2 heteroatoms. The molecule has 1 N–H and O–H groups in total. The Kier molecular flexibility index (Phi) is 4.26. The molecule has 2 aliphatic rings. The van der Waals surface area contributed by atoms with Crippen LogP contribution in [0.3, 0.4) is 0 Å². The maximum atomic E-state index is 6.10. The lowest BCUT2D eigenvalue weighted by atomic mass is 9.80. The predicted molar refractivity (Wildman–Crippen MR) is 67.6 cm³/mol. The molecule has 1 saturated carbocycles. The van der Waals surface area contributed by atoms with Gasteiger partial charge in [-0.1, -0.05) is 26.7 Å². The molecule has 2 atom stereocenters. The summed E-state index contributed by atoms with van der Waals surface area (Å²) in [6, 6.07) is 0.714. The monoisotopic (exact) mass is 225 g/mol. The molecule has 0 aromatic heterocycles. The molecule has 0 aromatic rings. The fourth-order valence-corrected chi connectivity index (χ4v) is 3.68. The van der Waals surface area contributed by atoms with Crippen molar-refractivity contribution in [2.24, 2.45) is 5.92 Å². The van der Waals surface area contributed by atoms with Crippen LogP contribution in [-0.2, 0) is 4.74 Å². The molecule has 94 valence electrons. The molecule has 2 nitrogen and oxygen atoms in total. The van der Waals surface area contributed by atoms with E-state index in [0.717, 1.165) is 19.1 Å². The van der Waals surface area contributed by atoms with Crippen molar-refractivity contribution in [3.8, 4) is 0 Å². The SMILES string of the molecule is CCNC(CC)C1CCOC2(CCCC2)C1. The van der Waals surface area contributed by atoms with Crippen molar-refractivity contribution in [1.82, 2.24) is 5.32 Å². The number of ether oxygens (including phenoxy) is 1. The minimum Gasteiger partial charge on any atom is -0.375 e. The Bertz CT molecular complexity index is 211. The van der Waals surface area contributed by atoms with Crippen LogP contribution < -0.4 is 5.32 Å². The first-order valence-electron chi connectivity index (χ1n) is 7.17. The van der Waals surface area contributed by atoms with Crippen LogP contribution in [0.4, 0.5) is 0 Å². The molecular weight excluding hydrogens is 198 g/mol. The van der Waals surface area contributed by atoms with Crippen LogP contribution in [0, 0.1) is 5.92 Å². The fraction of sp³-hybridized carbons (Fsp3) is 1.00. The largest absolute Gasteiger partial charge is 0.375 e. The van der Waals surface area contributed by atoms with Gasteiger partial charge in [0.25, 0.3) is 0 Å². The summed E-state index contributed by atoms with van der Waals surface area (Å²) in [6.45, 7) is 6.62. The normalized spacial score (nSPS) is 30.8. The standard InChI is InChI=1S/C14H27NO/c1-3-13(15-4-2)12-7-10-16-14(11-12)8-5-6-9-14/h12-13,15H,3-11H2,1-2H3. The molecule has 0 bridgehead atoms. The minimum absolute atomic E-state index is 0.283. The smallest absolute Gasteiger partial charge is 0.0685 e. The van der Waals surface area contributed by atoms with Gasteiger partial charge in [0.05, 0.1) is 5.60 Å². The van der Waals surface area contributed by atoms with E-state index in [1.165, 1.54) is 44.9 Å². The van der Waals surface area contributed by atoms with E-state index in [4.69, 9.17) is 4.74 Å². The Hall–Kier alpha value is -0.0800. The Balaban J connectivity index is 1.94. The lowest BCUT2D eigenvalue weighted by Crippen LogP contribution is -2.45. The summed E-state index contributed by atoms with van der Waals surface area (Å²) in [5.74, 6) is 0.844. The molecule has 1 saturated heterocycles. The van der Waals surface area contributed by atoms with Crippen LogP contribution in [0.25, 0.3) is 0 Å². The first kappa shape index (κ1) is 12.4. The second-order valence-electron chi connectivity index (χ2n) is 5.56. The quantitative estimate of drug-likeness (QED) is 0.794. The highest BCUT2D eigenvalue weighted by molar-refractivity contribution is 4.93. The van der Waals surface area contributed by atoms with Crippen LogP contribution in [0.5, 0.6) is 0 Å². The van der Waals surface area contributed by atoms with Crippen LogP contribution in [0.2, 0.25) is 0 Å². The van der Waals surface area contributed by atoms with Crippen molar-refractivity contribution >= 4 is 0 Å². The van der Waals surface area contributed by atoms with Crippen molar-refractivity contribution in [1.29, 1.82) is 0 Å². The van der Waals surface area contributed by atoms with Crippen LogP contribution in [-0.4, -0.2) is 24.8 Å². The highest BCUT2D eigenvalue weighted by Crippen LogP contribution is 2.43. The van der Waals surface area contributed by atoms with E-state index >= 15 is 0 Å². The summed E-state index contributed by atoms with van der Waals surface area (Å²) in [7, 11) is 0. The van der Waals surface area contributed by atoms with Crippen molar-refractivity contribution in [2.45, 2.75) is 70.4 Å². The summed E-state index contributed by atoms with van der Waals surface area (Å²) in [6.07, 6.45) is 9.20. The minimum atomic E-state index is 0.283. The van der Waals surface area contributed by atoms with Crippen molar-refractivity contribution < 1.29 is 4.74 Å². The Morgan fingerprint density at radius 1 is 1.31 bits per heavy atom. The summed E-state index contributed by atoms with van der Waals surface area (Å²) >= 11 is 0. The van der Waals surface area contributed by atoms with Gasteiger partial charge in [0.1, 0.15) is 0 Å². The molecule has 1 aliphatic carbocycles. The van der Waals surface area contributed by atoms with Gasteiger partial charge < -0.3 is 10.1 Å². The van der Waals surface area contributed by atoms with E-state index in [9.17, 15) is 0 Å². The summed E-state index contributed by atoms with van der Waals surface area (Å²) in [5.41, 5.74) is 0.283. The first-order valence-corrected chi connectivity index (χ1v) is 7.17. The molecule has 0 amide bonds. The highest BCUT2D eigenvalue weighted by Gasteiger charge is 2.41. The molecule has 2 fully saturated rings. The number of hydrogen-bond donors (Lipinski definition) is 1. The van der Waals surface area contributed by atoms with E-state index in [2.05, 4.69) is 19.2 Å². The Morgan fingerprint density at radius 3 is 2.69 bits per heavy atom.